The third kappa shape index (κ3) is 1.52. The maximum absolute atomic E-state index is 12.0. The van der Waals surface area contributed by atoms with Crippen LogP contribution in [-0.4, -0.2) is 21.1 Å². The third-order valence-corrected chi connectivity index (χ3v) is 3.45. The van der Waals surface area contributed by atoms with Crippen molar-refractivity contribution in [2.75, 3.05) is 5.32 Å². The van der Waals surface area contributed by atoms with E-state index in [2.05, 4.69) is 32.7 Å². The number of aromatic nitrogens is 3. The number of aryl methyl sites for hydroxylation is 1. The molecule has 1 saturated carbocycles. The lowest BCUT2D eigenvalue weighted by Gasteiger charge is -2.15. The van der Waals surface area contributed by atoms with Crippen LogP contribution < -0.4 is 5.32 Å². The van der Waals surface area contributed by atoms with Gasteiger partial charge in [0.25, 0.3) is 0 Å². The second-order valence-electron chi connectivity index (χ2n) is 4.62. The highest BCUT2D eigenvalue weighted by Gasteiger charge is 2.39. The molecular weight excluding hydrogens is 204 g/mol. The second kappa shape index (κ2) is 3.43. The van der Waals surface area contributed by atoms with Gasteiger partial charge >= 0.3 is 0 Å². The van der Waals surface area contributed by atoms with Crippen LogP contribution in [0.2, 0.25) is 0 Å². The van der Waals surface area contributed by atoms with Crippen LogP contribution in [0.1, 0.15) is 18.7 Å². The fourth-order valence-corrected chi connectivity index (χ4v) is 2.68. The number of rotatable bonds is 2. The molecule has 1 aromatic heterocycles. The molecule has 0 spiro atoms. The van der Waals surface area contributed by atoms with E-state index < -0.39 is 0 Å². The molecule has 2 aliphatic rings. The van der Waals surface area contributed by atoms with Crippen LogP contribution in [0.25, 0.3) is 0 Å². The Morgan fingerprint density at radius 3 is 2.94 bits per heavy atom. The van der Waals surface area contributed by atoms with Crippen molar-refractivity contribution in [2.24, 2.45) is 17.8 Å². The zero-order valence-corrected chi connectivity index (χ0v) is 9.10. The standard InChI is InChI=1S/C11H14N4O/c1-6-12-11(15-14-6)13-10(16)9-5-7-2-3-8(9)4-7/h2-3,7-9H,4-5H2,1H3,(H2,12,13,14,15,16). The number of nitrogens with one attached hydrogen (secondary N) is 2. The van der Waals surface area contributed by atoms with Gasteiger partial charge in [-0.05, 0) is 31.6 Å². The van der Waals surface area contributed by atoms with E-state index in [9.17, 15) is 4.79 Å². The number of nitrogens with zero attached hydrogens (tertiary/aromatic N) is 2. The zero-order chi connectivity index (χ0) is 11.1. The topological polar surface area (TPSA) is 70.7 Å². The molecule has 5 nitrogen and oxygen atoms in total. The summed E-state index contributed by atoms with van der Waals surface area (Å²) in [6.07, 6.45) is 6.49. The number of carbonyl (C=O) groups is 1. The van der Waals surface area contributed by atoms with Gasteiger partial charge in [0.15, 0.2) is 0 Å². The number of aromatic amines is 1. The van der Waals surface area contributed by atoms with Crippen molar-refractivity contribution in [2.45, 2.75) is 19.8 Å². The van der Waals surface area contributed by atoms with Gasteiger partial charge in [0, 0.05) is 5.92 Å². The number of H-pyrrole nitrogens is 1. The molecule has 84 valence electrons. The predicted octanol–water partition coefficient (Wildman–Crippen LogP) is 1.26. The number of hydrogen-bond acceptors (Lipinski definition) is 3. The molecule has 0 aliphatic heterocycles. The Hall–Kier alpha value is -1.65. The van der Waals surface area contributed by atoms with E-state index in [4.69, 9.17) is 0 Å². The van der Waals surface area contributed by atoms with Crippen LogP contribution in [0.5, 0.6) is 0 Å². The SMILES string of the molecule is Cc1nc(NC(=O)C2CC3C=CC2C3)n[nH]1. The number of fused-ring (bicyclic) bond motifs is 2. The zero-order valence-electron chi connectivity index (χ0n) is 9.10. The molecule has 2 aliphatic carbocycles. The van der Waals surface area contributed by atoms with E-state index in [-0.39, 0.29) is 11.8 Å². The molecule has 1 fully saturated rings. The van der Waals surface area contributed by atoms with E-state index in [1.54, 1.807) is 0 Å². The van der Waals surface area contributed by atoms with Crippen LogP contribution in [0.15, 0.2) is 12.2 Å². The normalized spacial score (nSPS) is 30.9. The predicted molar refractivity (Wildman–Crippen MR) is 58.6 cm³/mol. The van der Waals surface area contributed by atoms with Crippen molar-refractivity contribution in [1.29, 1.82) is 0 Å². The van der Waals surface area contributed by atoms with Crippen molar-refractivity contribution in [3.8, 4) is 0 Å². The largest absolute Gasteiger partial charge is 0.293 e. The number of amides is 1. The minimum atomic E-state index is 0.0517. The highest BCUT2D eigenvalue weighted by molar-refractivity contribution is 5.91. The number of anilines is 1. The monoisotopic (exact) mass is 218 g/mol. The molecule has 1 amide bonds. The molecule has 2 bridgehead atoms. The molecule has 1 heterocycles. The summed E-state index contributed by atoms with van der Waals surface area (Å²) in [7, 11) is 0. The molecule has 3 rings (SSSR count). The Labute approximate surface area is 93.3 Å². The lowest BCUT2D eigenvalue weighted by Crippen LogP contribution is -2.26. The summed E-state index contributed by atoms with van der Waals surface area (Å²) in [4.78, 5) is 16.0. The van der Waals surface area contributed by atoms with Gasteiger partial charge in [0.05, 0.1) is 0 Å². The first kappa shape index (κ1) is 9.57. The maximum Gasteiger partial charge on any atom is 0.248 e. The Bertz CT molecular complexity index is 451. The fraction of sp³-hybridized carbons (Fsp3) is 0.545. The molecule has 3 unspecified atom stereocenters. The van der Waals surface area contributed by atoms with Crippen molar-refractivity contribution >= 4 is 11.9 Å². The first-order valence-corrected chi connectivity index (χ1v) is 5.60. The van der Waals surface area contributed by atoms with Crippen molar-refractivity contribution in [3.05, 3.63) is 18.0 Å². The van der Waals surface area contributed by atoms with E-state index in [1.807, 2.05) is 6.92 Å². The highest BCUT2D eigenvalue weighted by atomic mass is 16.2. The molecule has 0 radical (unpaired) electrons. The smallest absolute Gasteiger partial charge is 0.248 e. The van der Waals surface area contributed by atoms with Crippen LogP contribution in [-0.2, 0) is 4.79 Å². The van der Waals surface area contributed by atoms with Crippen molar-refractivity contribution in [3.63, 3.8) is 0 Å². The first-order chi connectivity index (χ1) is 7.72. The van der Waals surface area contributed by atoms with Crippen LogP contribution in [0.3, 0.4) is 0 Å². The van der Waals surface area contributed by atoms with Crippen molar-refractivity contribution < 1.29 is 4.79 Å². The Morgan fingerprint density at radius 2 is 2.38 bits per heavy atom. The average molecular weight is 218 g/mol. The average Bonchev–Trinajstić information content (AvgIpc) is 2.93. The van der Waals surface area contributed by atoms with E-state index in [0.717, 1.165) is 12.8 Å². The molecule has 3 atom stereocenters. The summed E-state index contributed by atoms with van der Waals surface area (Å²) < 4.78 is 0. The van der Waals surface area contributed by atoms with Gasteiger partial charge in [-0.2, -0.15) is 4.98 Å². The summed E-state index contributed by atoms with van der Waals surface area (Å²) in [6, 6.07) is 0. The van der Waals surface area contributed by atoms with Crippen LogP contribution in [0, 0.1) is 24.7 Å². The number of hydrogen-bond donors (Lipinski definition) is 2. The minimum absolute atomic E-state index is 0.0517. The molecular formula is C11H14N4O. The summed E-state index contributed by atoms with van der Waals surface area (Å²) in [5.41, 5.74) is 0. The number of carbonyl (C=O) groups excluding carboxylic acids is 1. The van der Waals surface area contributed by atoms with Crippen molar-refractivity contribution in [1.82, 2.24) is 15.2 Å². The fourth-order valence-electron chi connectivity index (χ4n) is 2.68. The molecule has 2 N–H and O–H groups in total. The first-order valence-electron chi connectivity index (χ1n) is 5.60. The summed E-state index contributed by atoms with van der Waals surface area (Å²) >= 11 is 0. The van der Waals surface area contributed by atoms with Gasteiger partial charge in [-0.25, -0.2) is 0 Å². The Kier molecular flexibility index (Phi) is 2.05. The van der Waals surface area contributed by atoms with Gasteiger partial charge in [-0.3, -0.25) is 15.2 Å². The molecule has 16 heavy (non-hydrogen) atoms. The molecule has 1 aromatic rings. The molecule has 0 saturated heterocycles. The minimum Gasteiger partial charge on any atom is -0.293 e. The number of allylic oxidation sites excluding steroid dienone is 2. The van der Waals surface area contributed by atoms with E-state index in [1.165, 1.54) is 0 Å². The van der Waals surface area contributed by atoms with E-state index >= 15 is 0 Å². The summed E-state index contributed by atoms with van der Waals surface area (Å²) in [6.45, 7) is 1.81. The lowest BCUT2D eigenvalue weighted by molar-refractivity contribution is -0.120. The Balaban J connectivity index is 1.68. The van der Waals surface area contributed by atoms with Gasteiger partial charge in [-0.15, -0.1) is 5.10 Å². The summed E-state index contributed by atoms with van der Waals surface area (Å²) in [5.74, 6) is 2.28. The Morgan fingerprint density at radius 1 is 1.50 bits per heavy atom. The van der Waals surface area contributed by atoms with Gasteiger partial charge in [-0.1, -0.05) is 12.2 Å². The highest BCUT2D eigenvalue weighted by Crippen LogP contribution is 2.43. The molecule has 5 heteroatoms. The quantitative estimate of drug-likeness (QED) is 0.734. The van der Waals surface area contributed by atoms with E-state index in [0.29, 0.717) is 23.6 Å². The van der Waals surface area contributed by atoms with Crippen LogP contribution >= 0.6 is 0 Å². The molecule has 0 aromatic carbocycles. The summed E-state index contributed by atoms with van der Waals surface area (Å²) in [5, 5.41) is 9.38. The van der Waals surface area contributed by atoms with Gasteiger partial charge in [0.1, 0.15) is 5.82 Å². The lowest BCUT2D eigenvalue weighted by atomic mass is 9.93. The second-order valence-corrected chi connectivity index (χ2v) is 4.62. The third-order valence-electron chi connectivity index (χ3n) is 3.45. The van der Waals surface area contributed by atoms with Crippen LogP contribution in [0.4, 0.5) is 5.95 Å². The van der Waals surface area contributed by atoms with Gasteiger partial charge < -0.3 is 0 Å². The van der Waals surface area contributed by atoms with Gasteiger partial charge in [0.2, 0.25) is 11.9 Å². The maximum atomic E-state index is 12.0.